The largest absolute Gasteiger partial charge is 0.467 e. The number of hydrogen-bond acceptors (Lipinski definition) is 4. The van der Waals surface area contributed by atoms with Crippen molar-refractivity contribution in [2.45, 2.75) is 13.8 Å². The van der Waals surface area contributed by atoms with E-state index in [2.05, 4.69) is 29.1 Å². The summed E-state index contributed by atoms with van der Waals surface area (Å²) in [4.78, 5) is 7.97. The second-order valence-electron chi connectivity index (χ2n) is 3.33. The number of halogens is 1. The van der Waals surface area contributed by atoms with E-state index in [0.29, 0.717) is 22.8 Å². The van der Waals surface area contributed by atoms with Crippen LogP contribution < -0.4 is 10.1 Å². The summed E-state index contributed by atoms with van der Waals surface area (Å²) in [5.74, 6) is 1.15. The Hall–Kier alpha value is -1.03. The number of nitrogens with one attached hydrogen (secondary N) is 1. The standard InChI is InChI=1S/C9H14ClN3O/c1-6(2)4-11-8-7(10)5-12-9(13-8)14-3/h5-6H,4H2,1-3H3,(H,11,12,13). The number of methoxy groups -OCH3 is 1. The molecule has 1 heterocycles. The van der Waals surface area contributed by atoms with E-state index in [0.717, 1.165) is 6.54 Å². The number of rotatable bonds is 4. The quantitative estimate of drug-likeness (QED) is 0.837. The van der Waals surface area contributed by atoms with Gasteiger partial charge in [-0.1, -0.05) is 25.4 Å². The van der Waals surface area contributed by atoms with Crippen molar-refractivity contribution in [3.63, 3.8) is 0 Å². The highest BCUT2D eigenvalue weighted by Crippen LogP contribution is 2.20. The van der Waals surface area contributed by atoms with Gasteiger partial charge in [0.25, 0.3) is 0 Å². The van der Waals surface area contributed by atoms with Crippen LogP contribution in [0.1, 0.15) is 13.8 Å². The third-order valence-electron chi connectivity index (χ3n) is 1.58. The van der Waals surface area contributed by atoms with Crippen molar-refractivity contribution in [2.24, 2.45) is 5.92 Å². The minimum absolute atomic E-state index is 0.320. The molecule has 0 unspecified atom stereocenters. The molecule has 78 valence electrons. The molecule has 0 spiro atoms. The third-order valence-corrected chi connectivity index (χ3v) is 1.86. The van der Waals surface area contributed by atoms with Gasteiger partial charge in [0.05, 0.1) is 13.3 Å². The van der Waals surface area contributed by atoms with E-state index >= 15 is 0 Å². The van der Waals surface area contributed by atoms with Crippen molar-refractivity contribution < 1.29 is 4.74 Å². The SMILES string of the molecule is COc1ncc(Cl)c(NCC(C)C)n1. The predicted molar refractivity (Wildman–Crippen MR) is 56.9 cm³/mol. The average molecular weight is 216 g/mol. The molecular formula is C9H14ClN3O. The Kier molecular flexibility index (Phi) is 3.95. The molecule has 1 N–H and O–H groups in total. The zero-order valence-electron chi connectivity index (χ0n) is 8.54. The average Bonchev–Trinajstić information content (AvgIpc) is 2.16. The molecule has 0 radical (unpaired) electrons. The molecule has 1 rings (SSSR count). The predicted octanol–water partition coefficient (Wildman–Crippen LogP) is 2.21. The van der Waals surface area contributed by atoms with Gasteiger partial charge in [-0.3, -0.25) is 0 Å². The topological polar surface area (TPSA) is 47.0 Å². The van der Waals surface area contributed by atoms with Gasteiger partial charge in [-0.2, -0.15) is 4.98 Å². The van der Waals surface area contributed by atoms with Gasteiger partial charge in [-0.05, 0) is 5.92 Å². The lowest BCUT2D eigenvalue weighted by atomic mass is 10.2. The molecule has 0 aliphatic carbocycles. The molecule has 1 aromatic heterocycles. The van der Waals surface area contributed by atoms with Crippen LogP contribution in [0, 0.1) is 5.92 Å². The maximum atomic E-state index is 5.89. The van der Waals surface area contributed by atoms with Gasteiger partial charge in [0.1, 0.15) is 5.02 Å². The van der Waals surface area contributed by atoms with E-state index in [1.165, 1.54) is 13.3 Å². The van der Waals surface area contributed by atoms with Gasteiger partial charge >= 0.3 is 6.01 Å². The van der Waals surface area contributed by atoms with E-state index in [-0.39, 0.29) is 0 Å². The molecule has 0 saturated carbocycles. The first-order valence-electron chi connectivity index (χ1n) is 4.44. The van der Waals surface area contributed by atoms with Crippen LogP contribution in [0.25, 0.3) is 0 Å². The molecule has 0 atom stereocenters. The second-order valence-corrected chi connectivity index (χ2v) is 3.74. The van der Waals surface area contributed by atoms with Gasteiger partial charge in [-0.15, -0.1) is 0 Å². The minimum atomic E-state index is 0.320. The summed E-state index contributed by atoms with van der Waals surface area (Å²) in [6.07, 6.45) is 1.52. The number of hydrogen-bond donors (Lipinski definition) is 1. The van der Waals surface area contributed by atoms with E-state index in [1.807, 2.05) is 0 Å². The van der Waals surface area contributed by atoms with Gasteiger partial charge in [0.2, 0.25) is 0 Å². The summed E-state index contributed by atoms with van der Waals surface area (Å²) >= 11 is 5.89. The molecule has 0 aromatic carbocycles. The van der Waals surface area contributed by atoms with Crippen molar-refractivity contribution >= 4 is 17.4 Å². The van der Waals surface area contributed by atoms with Gasteiger partial charge in [0, 0.05) is 6.54 Å². The van der Waals surface area contributed by atoms with E-state index < -0.39 is 0 Å². The molecular weight excluding hydrogens is 202 g/mol. The van der Waals surface area contributed by atoms with Crippen LogP contribution >= 0.6 is 11.6 Å². The lowest BCUT2D eigenvalue weighted by Gasteiger charge is -2.09. The molecule has 1 aromatic rings. The summed E-state index contributed by atoms with van der Waals surface area (Å²) in [6.45, 7) is 5.04. The van der Waals surface area contributed by atoms with Crippen LogP contribution in [0.3, 0.4) is 0 Å². The highest BCUT2D eigenvalue weighted by molar-refractivity contribution is 6.32. The molecule has 0 aliphatic heterocycles. The number of nitrogens with zero attached hydrogens (tertiary/aromatic N) is 2. The molecule has 0 saturated heterocycles. The summed E-state index contributed by atoms with van der Waals surface area (Å²) in [5, 5.41) is 3.63. The molecule has 4 nitrogen and oxygen atoms in total. The van der Waals surface area contributed by atoms with Crippen LogP contribution in [0.5, 0.6) is 6.01 Å². The Morgan fingerprint density at radius 3 is 2.86 bits per heavy atom. The first-order valence-corrected chi connectivity index (χ1v) is 4.81. The van der Waals surface area contributed by atoms with Crippen LogP contribution in [0.2, 0.25) is 5.02 Å². The van der Waals surface area contributed by atoms with Crippen LogP contribution in [0.4, 0.5) is 5.82 Å². The van der Waals surface area contributed by atoms with Gasteiger partial charge in [0.15, 0.2) is 5.82 Å². The normalized spacial score (nSPS) is 10.4. The van der Waals surface area contributed by atoms with E-state index in [1.54, 1.807) is 0 Å². The fourth-order valence-electron chi connectivity index (χ4n) is 0.874. The van der Waals surface area contributed by atoms with E-state index in [4.69, 9.17) is 16.3 Å². The number of ether oxygens (including phenoxy) is 1. The van der Waals surface area contributed by atoms with Crippen LogP contribution in [-0.4, -0.2) is 23.6 Å². The molecule has 14 heavy (non-hydrogen) atoms. The van der Waals surface area contributed by atoms with Crippen molar-refractivity contribution in [1.82, 2.24) is 9.97 Å². The lowest BCUT2D eigenvalue weighted by Crippen LogP contribution is -2.10. The summed E-state index contributed by atoms with van der Waals surface area (Å²) in [7, 11) is 1.52. The Bertz CT molecular complexity index is 304. The molecule has 0 aliphatic rings. The monoisotopic (exact) mass is 215 g/mol. The molecule has 0 bridgehead atoms. The Morgan fingerprint density at radius 1 is 1.57 bits per heavy atom. The van der Waals surface area contributed by atoms with Crippen molar-refractivity contribution in [1.29, 1.82) is 0 Å². The first-order chi connectivity index (χ1) is 6.63. The van der Waals surface area contributed by atoms with Gasteiger partial charge < -0.3 is 10.1 Å². The molecule has 0 amide bonds. The second kappa shape index (κ2) is 5.00. The van der Waals surface area contributed by atoms with Crippen molar-refractivity contribution in [3.05, 3.63) is 11.2 Å². The Morgan fingerprint density at radius 2 is 2.29 bits per heavy atom. The Labute approximate surface area is 88.7 Å². The highest BCUT2D eigenvalue weighted by Gasteiger charge is 2.05. The van der Waals surface area contributed by atoms with Crippen LogP contribution in [0.15, 0.2) is 6.20 Å². The van der Waals surface area contributed by atoms with Gasteiger partial charge in [-0.25, -0.2) is 4.98 Å². The summed E-state index contributed by atoms with van der Waals surface area (Å²) in [6, 6.07) is 0.320. The number of aromatic nitrogens is 2. The minimum Gasteiger partial charge on any atom is -0.467 e. The molecule has 0 fully saturated rings. The zero-order chi connectivity index (χ0) is 10.6. The number of anilines is 1. The first kappa shape index (κ1) is 11.0. The molecule has 5 heteroatoms. The summed E-state index contributed by atoms with van der Waals surface area (Å²) < 4.78 is 4.90. The van der Waals surface area contributed by atoms with E-state index in [9.17, 15) is 0 Å². The lowest BCUT2D eigenvalue weighted by molar-refractivity contribution is 0.380. The fraction of sp³-hybridized carbons (Fsp3) is 0.556. The van der Waals surface area contributed by atoms with Crippen molar-refractivity contribution in [2.75, 3.05) is 19.0 Å². The van der Waals surface area contributed by atoms with Crippen molar-refractivity contribution in [3.8, 4) is 6.01 Å². The van der Waals surface area contributed by atoms with Crippen LogP contribution in [-0.2, 0) is 0 Å². The zero-order valence-corrected chi connectivity index (χ0v) is 9.30. The fourth-order valence-corrected chi connectivity index (χ4v) is 1.03. The Balaban J connectivity index is 2.73. The third kappa shape index (κ3) is 3.03. The summed E-state index contributed by atoms with van der Waals surface area (Å²) in [5.41, 5.74) is 0. The smallest absolute Gasteiger partial charge is 0.318 e. The maximum Gasteiger partial charge on any atom is 0.318 e. The highest BCUT2D eigenvalue weighted by atomic mass is 35.5. The maximum absolute atomic E-state index is 5.89.